The lowest BCUT2D eigenvalue weighted by Crippen LogP contribution is -2.74. The molecule has 6 atom stereocenters. The maximum absolute atomic E-state index is 15.1. The van der Waals surface area contributed by atoms with Crippen LogP contribution in [0.3, 0.4) is 0 Å². The number of aliphatic hydroxyl groups is 1. The van der Waals surface area contributed by atoms with Crippen LogP contribution in [-0.2, 0) is 25.6 Å². The van der Waals surface area contributed by atoms with Gasteiger partial charge in [-0.2, -0.15) is 0 Å². The van der Waals surface area contributed by atoms with Gasteiger partial charge in [-0.05, 0) is 38.8 Å². The number of aromatic hydroxyl groups is 1. The number of likely N-dealkylation sites (N-methyl/N-ethyl adjacent to an activating group) is 1. The Hall–Kier alpha value is -3.18. The summed E-state index contributed by atoms with van der Waals surface area (Å²) in [4.78, 5) is 66.9. The molecule has 0 aromatic heterocycles. The SMILES string of the molecule is CC(C)CNc1cc(F)c2c(c1O)C(=O)C1C(=O)[C@]3(O)C(=O)C(C(N)=O)C(=O)[C@@H](N(C)C)[C@@H]3C[C@@H]1C2. The largest absolute Gasteiger partial charge is 0.505 e. The molecule has 0 radical (unpaired) electrons. The van der Waals surface area contributed by atoms with Gasteiger partial charge in [-0.25, -0.2) is 4.39 Å². The fourth-order valence-electron chi connectivity index (χ4n) is 6.08. The first kappa shape index (κ1) is 25.9. The van der Waals surface area contributed by atoms with Gasteiger partial charge in [0.2, 0.25) is 5.91 Å². The molecule has 2 unspecified atom stereocenters. The summed E-state index contributed by atoms with van der Waals surface area (Å²) in [6.45, 7) is 4.19. The van der Waals surface area contributed by atoms with E-state index in [9.17, 15) is 34.2 Å². The van der Waals surface area contributed by atoms with E-state index in [1.807, 2.05) is 13.8 Å². The topological polar surface area (TPSA) is 167 Å². The van der Waals surface area contributed by atoms with Gasteiger partial charge in [0.05, 0.1) is 23.2 Å². The van der Waals surface area contributed by atoms with E-state index in [1.54, 1.807) is 0 Å². The highest BCUT2D eigenvalue weighted by atomic mass is 19.1. The number of phenols is 1. The molecule has 10 nitrogen and oxygen atoms in total. The predicted molar refractivity (Wildman–Crippen MR) is 125 cm³/mol. The van der Waals surface area contributed by atoms with Crippen molar-refractivity contribution >= 4 is 34.7 Å². The van der Waals surface area contributed by atoms with Crippen molar-refractivity contribution in [3.63, 3.8) is 0 Å². The molecule has 3 aliphatic carbocycles. The van der Waals surface area contributed by atoms with Gasteiger partial charge in [-0.15, -0.1) is 0 Å². The third kappa shape index (κ3) is 3.55. The number of primary amides is 1. The van der Waals surface area contributed by atoms with Crippen LogP contribution in [0.5, 0.6) is 5.75 Å². The number of nitrogens with one attached hydrogen (secondary N) is 1. The van der Waals surface area contributed by atoms with Crippen LogP contribution in [0.2, 0.25) is 0 Å². The quantitative estimate of drug-likeness (QED) is 0.321. The van der Waals surface area contributed by atoms with E-state index in [0.29, 0.717) is 6.54 Å². The number of ketones is 4. The van der Waals surface area contributed by atoms with Crippen molar-refractivity contribution in [2.45, 2.75) is 38.3 Å². The minimum atomic E-state index is -2.81. The summed E-state index contributed by atoms with van der Waals surface area (Å²) >= 11 is 0. The molecule has 4 rings (SSSR count). The van der Waals surface area contributed by atoms with Crippen molar-refractivity contribution in [1.29, 1.82) is 0 Å². The van der Waals surface area contributed by atoms with E-state index in [1.165, 1.54) is 19.0 Å². The smallest absolute Gasteiger partial charge is 0.235 e. The molecule has 1 aromatic rings. The number of nitrogens with two attached hydrogens (primary N) is 1. The van der Waals surface area contributed by atoms with Crippen LogP contribution in [0, 0.1) is 35.4 Å². The number of nitrogens with zero attached hydrogens (tertiary/aromatic N) is 1. The third-order valence-corrected chi connectivity index (χ3v) is 7.71. The Morgan fingerprint density at radius 3 is 2.44 bits per heavy atom. The number of halogens is 1. The van der Waals surface area contributed by atoms with E-state index in [0.717, 1.165) is 6.07 Å². The van der Waals surface area contributed by atoms with Crippen molar-refractivity contribution in [2.75, 3.05) is 26.0 Å². The summed E-state index contributed by atoms with van der Waals surface area (Å²) < 4.78 is 15.1. The zero-order valence-electron chi connectivity index (χ0n) is 20.5. The van der Waals surface area contributed by atoms with Crippen molar-refractivity contribution in [3.8, 4) is 5.75 Å². The molecule has 0 bridgehead atoms. The molecule has 0 heterocycles. The number of anilines is 1. The molecule has 2 fully saturated rings. The molecule has 36 heavy (non-hydrogen) atoms. The Morgan fingerprint density at radius 1 is 1.25 bits per heavy atom. The summed E-state index contributed by atoms with van der Waals surface area (Å²) in [7, 11) is 3.00. The number of amides is 1. The van der Waals surface area contributed by atoms with Gasteiger partial charge in [0.25, 0.3) is 0 Å². The van der Waals surface area contributed by atoms with E-state index in [2.05, 4.69) is 5.32 Å². The highest BCUT2D eigenvalue weighted by molar-refractivity contribution is 6.32. The van der Waals surface area contributed by atoms with Crippen molar-refractivity contribution in [2.24, 2.45) is 35.3 Å². The fraction of sp³-hybridized carbons (Fsp3) is 0.560. The number of phenolic OH excluding ortho intramolecular Hbond substituents is 1. The second-order valence-electron chi connectivity index (χ2n) is 10.7. The number of benzene rings is 1. The van der Waals surface area contributed by atoms with Gasteiger partial charge >= 0.3 is 0 Å². The van der Waals surface area contributed by atoms with E-state index < -0.39 is 75.9 Å². The van der Waals surface area contributed by atoms with Crippen LogP contribution in [0.4, 0.5) is 10.1 Å². The van der Waals surface area contributed by atoms with Crippen molar-refractivity contribution < 1.29 is 38.6 Å². The van der Waals surface area contributed by atoms with Crippen molar-refractivity contribution in [1.82, 2.24) is 4.90 Å². The second-order valence-corrected chi connectivity index (χ2v) is 10.7. The molecule has 2 saturated carbocycles. The molecule has 3 aliphatic rings. The van der Waals surface area contributed by atoms with Gasteiger partial charge in [0.1, 0.15) is 11.6 Å². The lowest BCUT2D eigenvalue weighted by Gasteiger charge is -2.52. The van der Waals surface area contributed by atoms with Crippen LogP contribution in [0.25, 0.3) is 0 Å². The monoisotopic (exact) mass is 503 g/mol. The molecule has 0 saturated heterocycles. The number of carbonyl (C=O) groups is 5. The Balaban J connectivity index is 1.83. The molecule has 194 valence electrons. The molecular weight excluding hydrogens is 473 g/mol. The zero-order valence-corrected chi connectivity index (χ0v) is 20.5. The van der Waals surface area contributed by atoms with Crippen LogP contribution in [0.15, 0.2) is 6.07 Å². The highest BCUT2D eigenvalue weighted by Crippen LogP contribution is 2.51. The number of hydrogen-bond donors (Lipinski definition) is 4. The van der Waals surface area contributed by atoms with E-state index in [4.69, 9.17) is 5.73 Å². The maximum atomic E-state index is 15.1. The van der Waals surface area contributed by atoms with E-state index >= 15 is 4.39 Å². The van der Waals surface area contributed by atoms with Crippen molar-refractivity contribution in [3.05, 3.63) is 23.0 Å². The standard InChI is InChI=1S/C25H30FN3O7/c1-9(2)8-28-14-7-13(26)11-5-10-6-12-18(29(3)4)21(32)17(24(27)35)23(34)25(12,36)22(33)15(10)20(31)16(11)19(14)30/h7,9-10,12,15,17-18,28,30,36H,5-6,8H2,1-4H3,(H2,27,35)/t10-,12-,15?,17?,18-,25-/m0/s1. The van der Waals surface area contributed by atoms with Crippen LogP contribution >= 0.6 is 0 Å². The molecule has 1 amide bonds. The first-order chi connectivity index (χ1) is 16.7. The van der Waals surface area contributed by atoms with Crippen LogP contribution in [0.1, 0.15) is 36.2 Å². The molecule has 5 N–H and O–H groups in total. The number of Topliss-reactive ketones (excluding diaryl/α,β-unsaturated/α-hetero) is 4. The maximum Gasteiger partial charge on any atom is 0.235 e. The van der Waals surface area contributed by atoms with Gasteiger partial charge in [-0.1, -0.05) is 13.8 Å². The lowest BCUT2D eigenvalue weighted by atomic mass is 9.52. The van der Waals surface area contributed by atoms with Gasteiger partial charge in [0, 0.05) is 24.1 Å². The first-order valence-electron chi connectivity index (χ1n) is 11.9. The summed E-state index contributed by atoms with van der Waals surface area (Å²) in [5.74, 6) is -12.3. The first-order valence-corrected chi connectivity index (χ1v) is 11.9. The number of hydrogen-bond acceptors (Lipinski definition) is 9. The molecule has 0 spiro atoms. The van der Waals surface area contributed by atoms with Gasteiger partial charge in [-0.3, -0.25) is 28.9 Å². The normalized spacial score (nSPS) is 31.8. The van der Waals surface area contributed by atoms with Crippen LogP contribution in [-0.4, -0.2) is 76.4 Å². The number of carbonyl (C=O) groups excluding carboxylic acids is 5. The lowest BCUT2D eigenvalue weighted by molar-refractivity contribution is -0.181. The Morgan fingerprint density at radius 2 is 1.89 bits per heavy atom. The molecule has 0 aliphatic heterocycles. The molecule has 11 heteroatoms. The minimum Gasteiger partial charge on any atom is -0.505 e. The average molecular weight is 504 g/mol. The van der Waals surface area contributed by atoms with E-state index in [-0.39, 0.29) is 35.6 Å². The minimum absolute atomic E-state index is 0.00704. The third-order valence-electron chi connectivity index (χ3n) is 7.71. The summed E-state index contributed by atoms with van der Waals surface area (Å²) in [5.41, 5.74) is 2.05. The Labute approximate surface area is 207 Å². The highest BCUT2D eigenvalue weighted by Gasteiger charge is 2.69. The number of rotatable bonds is 5. The summed E-state index contributed by atoms with van der Waals surface area (Å²) in [5, 5.41) is 25.2. The van der Waals surface area contributed by atoms with Crippen LogP contribution < -0.4 is 11.1 Å². The molecular formula is C25H30FN3O7. The zero-order chi connectivity index (χ0) is 26.9. The predicted octanol–water partition coefficient (Wildman–Crippen LogP) is 0.0740. The van der Waals surface area contributed by atoms with Gasteiger partial charge < -0.3 is 21.3 Å². The fourth-order valence-corrected chi connectivity index (χ4v) is 6.08. The average Bonchev–Trinajstić information content (AvgIpc) is 2.77. The Kier molecular flexibility index (Phi) is 6.28. The number of fused-ring (bicyclic) bond motifs is 3. The summed E-state index contributed by atoms with van der Waals surface area (Å²) in [6.07, 6.45) is -0.243. The summed E-state index contributed by atoms with van der Waals surface area (Å²) in [6, 6.07) is -0.105. The second kappa shape index (κ2) is 8.74. The van der Waals surface area contributed by atoms with Gasteiger partial charge in [0.15, 0.2) is 34.7 Å². The molecule has 1 aromatic carbocycles. The Bertz CT molecular complexity index is 1200.